The van der Waals surface area contributed by atoms with Crippen molar-refractivity contribution >= 4 is 21.6 Å². The molecule has 0 N–H and O–H groups in total. The minimum atomic E-state index is -0.536. The van der Waals surface area contributed by atoms with Gasteiger partial charge in [0.1, 0.15) is 6.07 Å². The molecular weight excluding hydrogens is 302 g/mol. The van der Waals surface area contributed by atoms with Crippen molar-refractivity contribution in [3.8, 4) is 17.3 Å². The molecule has 2 rings (SSSR count). The first-order valence-electron chi connectivity index (χ1n) is 4.64. The van der Waals surface area contributed by atoms with Gasteiger partial charge in [0.05, 0.1) is 4.92 Å². The van der Waals surface area contributed by atoms with E-state index in [-0.39, 0.29) is 17.2 Å². The van der Waals surface area contributed by atoms with E-state index in [1.165, 1.54) is 24.7 Å². The lowest BCUT2D eigenvalue weighted by Crippen LogP contribution is -1.96. The molecule has 0 amide bonds. The van der Waals surface area contributed by atoms with Crippen LogP contribution in [0.3, 0.4) is 0 Å². The van der Waals surface area contributed by atoms with Gasteiger partial charge >= 0.3 is 0 Å². The van der Waals surface area contributed by atoms with Crippen LogP contribution in [0.4, 0.5) is 5.69 Å². The molecule has 88 valence electrons. The molecule has 0 aromatic carbocycles. The van der Waals surface area contributed by atoms with E-state index in [1.54, 1.807) is 6.07 Å². The highest BCUT2D eigenvalue weighted by Gasteiger charge is 2.18. The molecule has 18 heavy (non-hydrogen) atoms. The van der Waals surface area contributed by atoms with Crippen molar-refractivity contribution in [3.63, 3.8) is 0 Å². The van der Waals surface area contributed by atoms with Gasteiger partial charge in [-0.1, -0.05) is 0 Å². The predicted octanol–water partition coefficient (Wildman–Crippen LogP) is 2.08. The predicted molar refractivity (Wildman–Crippen MR) is 64.3 cm³/mol. The molecule has 0 aliphatic rings. The average Bonchev–Trinajstić information content (AvgIpc) is 2.39. The highest BCUT2D eigenvalue weighted by Crippen LogP contribution is 2.28. The zero-order valence-electron chi connectivity index (χ0n) is 8.74. The molecule has 0 aliphatic carbocycles. The monoisotopic (exact) mass is 305 g/mol. The van der Waals surface area contributed by atoms with Gasteiger partial charge in [-0.05, 0) is 15.9 Å². The molecule has 2 aromatic rings. The third-order valence-corrected chi connectivity index (χ3v) is 2.49. The molecule has 0 saturated carbocycles. The lowest BCUT2D eigenvalue weighted by molar-refractivity contribution is -0.384. The SMILES string of the molecule is N#Cc1ncc(-c2ncc(Br)cc2[N+](=O)[O-])cn1. The zero-order chi connectivity index (χ0) is 13.1. The Balaban J connectivity index is 2.56. The van der Waals surface area contributed by atoms with Crippen LogP contribution in [0.1, 0.15) is 5.82 Å². The number of nitriles is 1. The van der Waals surface area contributed by atoms with Gasteiger partial charge < -0.3 is 0 Å². The maximum absolute atomic E-state index is 10.9. The molecule has 8 heteroatoms. The minimum absolute atomic E-state index is 0.00138. The highest BCUT2D eigenvalue weighted by molar-refractivity contribution is 9.10. The van der Waals surface area contributed by atoms with Crippen LogP contribution in [-0.4, -0.2) is 19.9 Å². The Kier molecular flexibility index (Phi) is 3.25. The molecule has 0 unspecified atom stereocenters. The van der Waals surface area contributed by atoms with Gasteiger partial charge in [0.25, 0.3) is 5.69 Å². The summed E-state index contributed by atoms with van der Waals surface area (Å²) in [6.07, 6.45) is 4.10. The molecule has 0 atom stereocenters. The van der Waals surface area contributed by atoms with Crippen molar-refractivity contribution in [2.75, 3.05) is 0 Å². The van der Waals surface area contributed by atoms with E-state index in [2.05, 4.69) is 30.9 Å². The lowest BCUT2D eigenvalue weighted by Gasteiger charge is -2.01. The van der Waals surface area contributed by atoms with Crippen LogP contribution in [0.5, 0.6) is 0 Å². The standard InChI is InChI=1S/C10H4BrN5O2/c11-7-1-8(16(17)18)10(15-5-7)6-3-13-9(2-12)14-4-6/h1,3-5H. The summed E-state index contributed by atoms with van der Waals surface area (Å²) in [5.74, 6) is -0.00138. The van der Waals surface area contributed by atoms with Crippen molar-refractivity contribution < 1.29 is 4.92 Å². The maximum Gasteiger partial charge on any atom is 0.296 e. The van der Waals surface area contributed by atoms with Crippen LogP contribution in [0.2, 0.25) is 0 Å². The van der Waals surface area contributed by atoms with Gasteiger partial charge in [0, 0.05) is 34.7 Å². The molecule has 0 saturated heterocycles. The van der Waals surface area contributed by atoms with Crippen LogP contribution in [0.25, 0.3) is 11.3 Å². The molecule has 0 fully saturated rings. The molecular formula is C10H4BrN5O2. The summed E-state index contributed by atoms with van der Waals surface area (Å²) in [4.78, 5) is 21.9. The van der Waals surface area contributed by atoms with Gasteiger partial charge in [0.15, 0.2) is 5.69 Å². The van der Waals surface area contributed by atoms with Gasteiger partial charge in [-0.25, -0.2) is 15.0 Å². The number of rotatable bonds is 2. The summed E-state index contributed by atoms with van der Waals surface area (Å²) in [7, 11) is 0. The second-order valence-corrected chi connectivity index (χ2v) is 4.10. The number of hydrogen-bond acceptors (Lipinski definition) is 6. The molecule has 2 heterocycles. The van der Waals surface area contributed by atoms with Gasteiger partial charge in [-0.3, -0.25) is 10.1 Å². The summed E-state index contributed by atoms with van der Waals surface area (Å²) in [5.41, 5.74) is 0.388. The van der Waals surface area contributed by atoms with E-state index < -0.39 is 4.92 Å². The first-order chi connectivity index (χ1) is 8.61. The largest absolute Gasteiger partial charge is 0.296 e. The van der Waals surface area contributed by atoms with Crippen LogP contribution in [-0.2, 0) is 0 Å². The third-order valence-electron chi connectivity index (χ3n) is 2.06. The van der Waals surface area contributed by atoms with E-state index in [1.807, 2.05) is 0 Å². The van der Waals surface area contributed by atoms with Gasteiger partial charge in [-0.15, -0.1) is 0 Å². The smallest absolute Gasteiger partial charge is 0.258 e. The number of aromatic nitrogens is 3. The first-order valence-corrected chi connectivity index (χ1v) is 5.43. The first kappa shape index (κ1) is 12.1. The second kappa shape index (κ2) is 4.85. The van der Waals surface area contributed by atoms with E-state index in [4.69, 9.17) is 5.26 Å². The molecule has 0 spiro atoms. The second-order valence-electron chi connectivity index (χ2n) is 3.19. The number of pyridine rings is 1. The Hall–Kier alpha value is -2.40. The average molecular weight is 306 g/mol. The topological polar surface area (TPSA) is 106 Å². The third kappa shape index (κ3) is 2.31. The van der Waals surface area contributed by atoms with Gasteiger partial charge in [-0.2, -0.15) is 5.26 Å². The molecule has 2 aromatic heterocycles. The zero-order valence-corrected chi connectivity index (χ0v) is 10.3. The number of nitro groups is 1. The molecule has 0 aliphatic heterocycles. The fraction of sp³-hybridized carbons (Fsp3) is 0. The summed E-state index contributed by atoms with van der Waals surface area (Å²) >= 11 is 3.12. The van der Waals surface area contributed by atoms with E-state index >= 15 is 0 Å². The Morgan fingerprint density at radius 1 is 1.28 bits per heavy atom. The fourth-order valence-electron chi connectivity index (χ4n) is 1.30. The van der Waals surface area contributed by atoms with Crippen molar-refractivity contribution in [1.29, 1.82) is 5.26 Å². The Labute approximate surface area is 109 Å². The Bertz CT molecular complexity index is 650. The van der Waals surface area contributed by atoms with Crippen LogP contribution in [0.15, 0.2) is 29.1 Å². The Morgan fingerprint density at radius 2 is 1.94 bits per heavy atom. The summed E-state index contributed by atoms with van der Waals surface area (Å²) in [6, 6.07) is 3.12. The summed E-state index contributed by atoms with van der Waals surface area (Å²) in [5, 5.41) is 19.5. The van der Waals surface area contributed by atoms with Crippen molar-refractivity contribution in [2.24, 2.45) is 0 Å². The van der Waals surface area contributed by atoms with Crippen LogP contribution >= 0.6 is 15.9 Å². The maximum atomic E-state index is 10.9. The normalized spacial score (nSPS) is 9.78. The van der Waals surface area contributed by atoms with Crippen molar-refractivity contribution in [3.05, 3.63) is 45.1 Å². The number of nitrogens with zero attached hydrogens (tertiary/aromatic N) is 5. The quantitative estimate of drug-likeness (QED) is 0.621. The summed E-state index contributed by atoms with van der Waals surface area (Å²) < 4.78 is 0.507. The van der Waals surface area contributed by atoms with Gasteiger partial charge in [0.2, 0.25) is 5.82 Å². The summed E-state index contributed by atoms with van der Waals surface area (Å²) in [6.45, 7) is 0. The van der Waals surface area contributed by atoms with E-state index in [0.29, 0.717) is 10.0 Å². The van der Waals surface area contributed by atoms with Crippen LogP contribution < -0.4 is 0 Å². The lowest BCUT2D eigenvalue weighted by atomic mass is 10.2. The number of hydrogen-bond donors (Lipinski definition) is 0. The highest BCUT2D eigenvalue weighted by atomic mass is 79.9. The Morgan fingerprint density at radius 3 is 2.50 bits per heavy atom. The van der Waals surface area contributed by atoms with E-state index in [9.17, 15) is 10.1 Å². The van der Waals surface area contributed by atoms with Crippen LogP contribution in [0, 0.1) is 21.4 Å². The molecule has 0 radical (unpaired) electrons. The van der Waals surface area contributed by atoms with Crippen molar-refractivity contribution in [1.82, 2.24) is 15.0 Å². The number of halogens is 1. The van der Waals surface area contributed by atoms with E-state index in [0.717, 1.165) is 0 Å². The van der Waals surface area contributed by atoms with Crippen molar-refractivity contribution in [2.45, 2.75) is 0 Å². The molecule has 0 bridgehead atoms. The minimum Gasteiger partial charge on any atom is -0.258 e. The molecule has 7 nitrogen and oxygen atoms in total. The fourth-order valence-corrected chi connectivity index (χ4v) is 1.62.